The maximum Gasteiger partial charge on any atom is 0.227 e. The number of aromatic nitrogens is 1. The van der Waals surface area contributed by atoms with Crippen LogP contribution in [0.1, 0.15) is 41.5 Å². The van der Waals surface area contributed by atoms with Crippen molar-refractivity contribution < 1.29 is 9.32 Å². The summed E-state index contributed by atoms with van der Waals surface area (Å²) in [6, 6.07) is 5.64. The van der Waals surface area contributed by atoms with Crippen LogP contribution in [0.4, 0.5) is 0 Å². The molecule has 3 rings (SSSR count). The predicted octanol–water partition coefficient (Wildman–Crippen LogP) is 4.50. The minimum atomic E-state index is 0.0535. The molecule has 1 saturated heterocycles. The average molecular weight is 353 g/mol. The molecule has 1 aromatic heterocycles. The van der Waals surface area contributed by atoms with Gasteiger partial charge in [-0.05, 0) is 44.4 Å². The van der Waals surface area contributed by atoms with Crippen molar-refractivity contribution in [2.45, 2.75) is 39.2 Å². The number of benzene rings is 1. The van der Waals surface area contributed by atoms with Crippen LogP contribution < -0.4 is 0 Å². The first-order valence-corrected chi connectivity index (χ1v) is 8.39. The molecular formula is C17H18Cl2N2O2. The lowest BCUT2D eigenvalue weighted by atomic mass is 10.0. The summed E-state index contributed by atoms with van der Waals surface area (Å²) in [4.78, 5) is 14.7. The molecular weight excluding hydrogens is 335 g/mol. The normalized spacial score (nSPS) is 17.7. The van der Waals surface area contributed by atoms with E-state index in [4.69, 9.17) is 27.7 Å². The van der Waals surface area contributed by atoms with E-state index >= 15 is 0 Å². The zero-order valence-corrected chi connectivity index (χ0v) is 14.6. The molecule has 1 atom stereocenters. The van der Waals surface area contributed by atoms with Crippen LogP contribution in [0.15, 0.2) is 22.7 Å². The highest BCUT2D eigenvalue weighted by Crippen LogP contribution is 2.35. The zero-order valence-electron chi connectivity index (χ0n) is 13.1. The average Bonchev–Trinajstić information content (AvgIpc) is 3.12. The van der Waals surface area contributed by atoms with Gasteiger partial charge in [0, 0.05) is 12.1 Å². The van der Waals surface area contributed by atoms with Crippen LogP contribution in [0.5, 0.6) is 0 Å². The van der Waals surface area contributed by atoms with Crippen molar-refractivity contribution in [3.63, 3.8) is 0 Å². The molecule has 0 spiro atoms. The molecule has 2 heterocycles. The molecule has 0 N–H and O–H groups in total. The van der Waals surface area contributed by atoms with Gasteiger partial charge in [-0.15, -0.1) is 0 Å². The van der Waals surface area contributed by atoms with Gasteiger partial charge in [-0.2, -0.15) is 0 Å². The third-order valence-electron chi connectivity index (χ3n) is 4.41. The van der Waals surface area contributed by atoms with E-state index in [1.165, 1.54) is 0 Å². The first-order valence-electron chi connectivity index (χ1n) is 7.63. The molecule has 4 nitrogen and oxygen atoms in total. The number of halogens is 2. The number of carbonyl (C=O) groups excluding carboxylic acids is 1. The molecule has 1 fully saturated rings. The fourth-order valence-electron chi connectivity index (χ4n) is 3.14. The molecule has 122 valence electrons. The SMILES string of the molecule is Cc1noc(C)c1CC(=O)N1CCC[C@@H]1c1ccc(Cl)c(Cl)c1. The van der Waals surface area contributed by atoms with E-state index in [1.807, 2.05) is 30.9 Å². The molecule has 1 aliphatic heterocycles. The van der Waals surface area contributed by atoms with Gasteiger partial charge in [0.15, 0.2) is 0 Å². The number of amides is 1. The number of likely N-dealkylation sites (tertiary alicyclic amines) is 1. The van der Waals surface area contributed by atoms with Gasteiger partial charge in [-0.25, -0.2) is 0 Å². The summed E-state index contributed by atoms with van der Waals surface area (Å²) in [5, 5.41) is 4.97. The molecule has 1 amide bonds. The number of rotatable bonds is 3. The van der Waals surface area contributed by atoms with Crippen molar-refractivity contribution in [3.05, 3.63) is 50.8 Å². The van der Waals surface area contributed by atoms with Crippen LogP contribution in [-0.4, -0.2) is 22.5 Å². The van der Waals surface area contributed by atoms with Crippen LogP contribution in [0.25, 0.3) is 0 Å². The Bertz CT molecular complexity index is 723. The predicted molar refractivity (Wildman–Crippen MR) is 89.8 cm³/mol. The van der Waals surface area contributed by atoms with Crippen LogP contribution in [0.2, 0.25) is 10.0 Å². The Labute approximate surface area is 145 Å². The second-order valence-electron chi connectivity index (χ2n) is 5.90. The molecule has 2 aromatic rings. The number of hydrogen-bond acceptors (Lipinski definition) is 3. The highest BCUT2D eigenvalue weighted by molar-refractivity contribution is 6.42. The zero-order chi connectivity index (χ0) is 16.6. The molecule has 0 radical (unpaired) electrons. The summed E-state index contributed by atoms with van der Waals surface area (Å²) in [6.45, 7) is 4.45. The summed E-state index contributed by atoms with van der Waals surface area (Å²) in [7, 11) is 0. The largest absolute Gasteiger partial charge is 0.361 e. The lowest BCUT2D eigenvalue weighted by Crippen LogP contribution is -2.32. The third kappa shape index (κ3) is 3.24. The van der Waals surface area contributed by atoms with E-state index in [2.05, 4.69) is 5.16 Å². The van der Waals surface area contributed by atoms with Crippen LogP contribution in [0, 0.1) is 13.8 Å². The van der Waals surface area contributed by atoms with Gasteiger partial charge < -0.3 is 9.42 Å². The molecule has 0 bridgehead atoms. The van der Waals surface area contributed by atoms with Crippen molar-refractivity contribution in [2.75, 3.05) is 6.54 Å². The minimum Gasteiger partial charge on any atom is -0.361 e. The molecule has 0 aliphatic carbocycles. The van der Waals surface area contributed by atoms with E-state index in [0.717, 1.165) is 36.2 Å². The third-order valence-corrected chi connectivity index (χ3v) is 5.15. The monoisotopic (exact) mass is 352 g/mol. The Hall–Kier alpha value is -1.52. The Balaban J connectivity index is 1.81. The maximum absolute atomic E-state index is 12.8. The van der Waals surface area contributed by atoms with Gasteiger partial charge in [0.2, 0.25) is 5.91 Å². The topological polar surface area (TPSA) is 46.3 Å². The molecule has 0 saturated carbocycles. The first-order chi connectivity index (χ1) is 11.0. The lowest BCUT2D eigenvalue weighted by molar-refractivity contribution is -0.131. The molecule has 0 unspecified atom stereocenters. The number of carbonyl (C=O) groups is 1. The Morgan fingerprint density at radius 2 is 2.13 bits per heavy atom. The fourth-order valence-corrected chi connectivity index (χ4v) is 3.44. The number of hydrogen-bond donors (Lipinski definition) is 0. The number of aryl methyl sites for hydroxylation is 2. The molecule has 23 heavy (non-hydrogen) atoms. The molecule has 1 aliphatic rings. The van der Waals surface area contributed by atoms with Crippen molar-refractivity contribution >= 4 is 29.1 Å². The molecule has 6 heteroatoms. The van der Waals surface area contributed by atoms with Gasteiger partial charge in [0.05, 0.1) is 28.2 Å². The van der Waals surface area contributed by atoms with E-state index in [1.54, 1.807) is 6.07 Å². The van der Waals surface area contributed by atoms with Crippen LogP contribution in [-0.2, 0) is 11.2 Å². The standard InChI is InChI=1S/C17H18Cl2N2O2/c1-10-13(11(2)23-20-10)9-17(22)21-7-3-4-16(21)12-5-6-14(18)15(19)8-12/h5-6,8,16H,3-4,7,9H2,1-2H3/t16-/m1/s1. The van der Waals surface area contributed by atoms with Crippen LogP contribution >= 0.6 is 23.2 Å². The Kier molecular flexibility index (Phi) is 4.64. The van der Waals surface area contributed by atoms with Gasteiger partial charge >= 0.3 is 0 Å². The minimum absolute atomic E-state index is 0.0535. The van der Waals surface area contributed by atoms with Crippen molar-refractivity contribution in [1.29, 1.82) is 0 Å². The Morgan fingerprint density at radius 1 is 1.35 bits per heavy atom. The van der Waals surface area contributed by atoms with Gasteiger partial charge in [-0.1, -0.05) is 34.4 Å². The summed E-state index contributed by atoms with van der Waals surface area (Å²) >= 11 is 12.1. The van der Waals surface area contributed by atoms with E-state index in [-0.39, 0.29) is 11.9 Å². The maximum atomic E-state index is 12.8. The van der Waals surface area contributed by atoms with E-state index in [0.29, 0.717) is 22.2 Å². The first kappa shape index (κ1) is 16.3. The smallest absolute Gasteiger partial charge is 0.227 e. The van der Waals surface area contributed by atoms with Crippen molar-refractivity contribution in [3.8, 4) is 0 Å². The van der Waals surface area contributed by atoms with Crippen molar-refractivity contribution in [2.24, 2.45) is 0 Å². The van der Waals surface area contributed by atoms with Gasteiger partial charge in [0.25, 0.3) is 0 Å². The summed E-state index contributed by atoms with van der Waals surface area (Å²) in [6.07, 6.45) is 2.24. The lowest BCUT2D eigenvalue weighted by Gasteiger charge is -2.25. The molecule has 1 aromatic carbocycles. The number of nitrogens with zero attached hydrogens (tertiary/aromatic N) is 2. The summed E-state index contributed by atoms with van der Waals surface area (Å²) in [5.41, 5.74) is 2.69. The quantitative estimate of drug-likeness (QED) is 0.816. The van der Waals surface area contributed by atoms with Crippen LogP contribution in [0.3, 0.4) is 0 Å². The van der Waals surface area contributed by atoms with Gasteiger partial charge in [-0.3, -0.25) is 4.79 Å². The highest BCUT2D eigenvalue weighted by Gasteiger charge is 2.31. The van der Waals surface area contributed by atoms with Crippen molar-refractivity contribution in [1.82, 2.24) is 10.1 Å². The van der Waals surface area contributed by atoms with E-state index in [9.17, 15) is 4.79 Å². The second kappa shape index (κ2) is 6.54. The summed E-state index contributed by atoms with van der Waals surface area (Å²) in [5.74, 6) is 0.800. The Morgan fingerprint density at radius 3 is 2.78 bits per heavy atom. The van der Waals surface area contributed by atoms with Gasteiger partial charge in [0.1, 0.15) is 5.76 Å². The fraction of sp³-hybridized carbons (Fsp3) is 0.412. The second-order valence-corrected chi connectivity index (χ2v) is 6.71. The highest BCUT2D eigenvalue weighted by atomic mass is 35.5. The van der Waals surface area contributed by atoms with E-state index < -0.39 is 0 Å². The summed E-state index contributed by atoms with van der Waals surface area (Å²) < 4.78 is 5.15.